The fraction of sp³-hybridized carbons (Fsp3) is 0.0769. The molecule has 0 aliphatic carbocycles. The molecule has 0 heterocycles. The van der Waals surface area contributed by atoms with E-state index in [0.717, 1.165) is 0 Å². The molecule has 0 fully saturated rings. The van der Waals surface area contributed by atoms with E-state index >= 15 is 0 Å². The van der Waals surface area contributed by atoms with Gasteiger partial charge in [0.25, 0.3) is 20.2 Å². The predicted octanol–water partition coefficient (Wildman–Crippen LogP) is 1.84. The lowest BCUT2D eigenvalue weighted by atomic mass is 10.2. The van der Waals surface area contributed by atoms with Gasteiger partial charge >= 0.3 is 0 Å². The molecule has 6 nitrogen and oxygen atoms in total. The molecule has 0 bridgehead atoms. The van der Waals surface area contributed by atoms with Gasteiger partial charge in [-0.05, 0) is 18.2 Å². The average Bonchev–Trinajstić information content (AvgIpc) is 2.45. The largest absolute Gasteiger partial charge is 0.297 e. The molecule has 112 valence electrons. The quantitative estimate of drug-likeness (QED) is 0.664. The van der Waals surface area contributed by atoms with Crippen molar-refractivity contribution in [3.05, 3.63) is 60.2 Å². The zero-order chi connectivity index (χ0) is 15.5. The van der Waals surface area contributed by atoms with Crippen molar-refractivity contribution in [3.63, 3.8) is 0 Å². The summed E-state index contributed by atoms with van der Waals surface area (Å²) in [7, 11) is -8.44. The van der Waals surface area contributed by atoms with Crippen molar-refractivity contribution < 1.29 is 25.6 Å². The summed E-state index contributed by atoms with van der Waals surface area (Å²) in [6.07, 6.45) is 0. The summed E-state index contributed by atoms with van der Waals surface area (Å²) >= 11 is 0. The topological polar surface area (TPSA) is 97.7 Å². The van der Waals surface area contributed by atoms with Crippen LogP contribution in [0.3, 0.4) is 0 Å². The number of hydrogen-bond acceptors (Lipinski definition) is 5. The Labute approximate surface area is 122 Å². The van der Waals surface area contributed by atoms with Crippen LogP contribution in [-0.2, 0) is 31.0 Å². The third kappa shape index (κ3) is 3.88. The second-order valence-electron chi connectivity index (χ2n) is 4.11. The van der Waals surface area contributed by atoms with Gasteiger partial charge in [-0.25, -0.2) is 0 Å². The molecule has 0 amide bonds. The van der Waals surface area contributed by atoms with E-state index in [1.54, 1.807) is 18.2 Å². The average molecular weight is 328 g/mol. The molecule has 21 heavy (non-hydrogen) atoms. The van der Waals surface area contributed by atoms with Crippen LogP contribution in [0.4, 0.5) is 0 Å². The van der Waals surface area contributed by atoms with Crippen molar-refractivity contribution in [1.82, 2.24) is 0 Å². The summed E-state index contributed by atoms with van der Waals surface area (Å²) in [5, 5.41) is 0. The van der Waals surface area contributed by atoms with Crippen LogP contribution in [0.15, 0.2) is 64.4 Å². The van der Waals surface area contributed by atoms with Gasteiger partial charge in [0.15, 0.2) is 0 Å². The molecule has 0 aliphatic rings. The summed E-state index contributed by atoms with van der Waals surface area (Å²) in [6, 6.07) is 12.9. The number of hydrogen-bond donors (Lipinski definition) is 1. The molecule has 0 saturated heterocycles. The third-order valence-electron chi connectivity index (χ3n) is 2.65. The van der Waals surface area contributed by atoms with Gasteiger partial charge in [-0.2, -0.15) is 16.8 Å². The Kier molecular flexibility index (Phi) is 4.43. The Balaban J connectivity index is 2.26. The molecule has 0 aliphatic heterocycles. The SMILES string of the molecule is O=S(=O)(O)c1ccccc1COS(=O)(=O)c1ccccc1. The van der Waals surface area contributed by atoms with Crippen LogP contribution in [0.25, 0.3) is 0 Å². The van der Waals surface area contributed by atoms with Crippen molar-refractivity contribution in [1.29, 1.82) is 0 Å². The van der Waals surface area contributed by atoms with Gasteiger partial charge in [0.1, 0.15) is 0 Å². The highest BCUT2D eigenvalue weighted by molar-refractivity contribution is 7.86. The van der Waals surface area contributed by atoms with Crippen LogP contribution >= 0.6 is 0 Å². The number of benzene rings is 2. The first-order chi connectivity index (χ1) is 9.81. The first-order valence-electron chi connectivity index (χ1n) is 5.80. The summed E-state index contributed by atoms with van der Waals surface area (Å²) in [5.41, 5.74) is 0.0551. The van der Waals surface area contributed by atoms with E-state index in [1.807, 2.05) is 0 Å². The smallest absolute Gasteiger partial charge is 0.282 e. The fourth-order valence-electron chi connectivity index (χ4n) is 1.67. The molecule has 0 atom stereocenters. The van der Waals surface area contributed by atoms with Crippen molar-refractivity contribution in [2.45, 2.75) is 16.4 Å². The van der Waals surface area contributed by atoms with Gasteiger partial charge in [-0.3, -0.25) is 8.74 Å². The molecule has 2 rings (SSSR count). The molecule has 1 N–H and O–H groups in total. The van der Waals surface area contributed by atoms with E-state index in [1.165, 1.54) is 36.4 Å². The highest BCUT2D eigenvalue weighted by Gasteiger charge is 2.19. The summed E-state index contributed by atoms with van der Waals surface area (Å²) in [6.45, 7) is -0.493. The van der Waals surface area contributed by atoms with Gasteiger partial charge in [0, 0.05) is 5.56 Å². The summed E-state index contributed by atoms with van der Waals surface area (Å²) < 4.78 is 60.2. The first kappa shape index (κ1) is 15.6. The summed E-state index contributed by atoms with van der Waals surface area (Å²) in [4.78, 5) is -0.414. The maximum atomic E-state index is 11.9. The van der Waals surface area contributed by atoms with E-state index in [2.05, 4.69) is 0 Å². The van der Waals surface area contributed by atoms with Crippen LogP contribution in [0.1, 0.15) is 5.56 Å². The van der Waals surface area contributed by atoms with Gasteiger partial charge in [-0.1, -0.05) is 36.4 Å². The lowest BCUT2D eigenvalue weighted by Crippen LogP contribution is -2.09. The lowest BCUT2D eigenvalue weighted by Gasteiger charge is -2.08. The molecule has 0 radical (unpaired) electrons. The van der Waals surface area contributed by atoms with Crippen LogP contribution in [-0.4, -0.2) is 21.4 Å². The Morgan fingerprint density at radius 2 is 1.43 bits per heavy atom. The van der Waals surface area contributed by atoms with Crippen molar-refractivity contribution in [2.75, 3.05) is 0 Å². The van der Waals surface area contributed by atoms with Gasteiger partial charge < -0.3 is 0 Å². The Morgan fingerprint density at radius 3 is 2.05 bits per heavy atom. The zero-order valence-corrected chi connectivity index (χ0v) is 12.3. The highest BCUT2D eigenvalue weighted by atomic mass is 32.2. The van der Waals surface area contributed by atoms with Gasteiger partial charge in [-0.15, -0.1) is 0 Å². The second kappa shape index (κ2) is 5.94. The van der Waals surface area contributed by atoms with Crippen molar-refractivity contribution >= 4 is 20.2 Å². The first-order valence-corrected chi connectivity index (χ1v) is 8.65. The molecule has 0 saturated carbocycles. The molecule has 0 aromatic heterocycles. The number of rotatable bonds is 5. The minimum atomic E-state index is -4.44. The van der Waals surface area contributed by atoms with E-state index < -0.39 is 26.8 Å². The minimum absolute atomic E-state index is 0.0330. The fourth-order valence-corrected chi connectivity index (χ4v) is 3.29. The van der Waals surface area contributed by atoms with Crippen molar-refractivity contribution in [3.8, 4) is 0 Å². The van der Waals surface area contributed by atoms with E-state index in [-0.39, 0.29) is 15.4 Å². The molecule has 8 heteroatoms. The second-order valence-corrected chi connectivity index (χ2v) is 7.12. The van der Waals surface area contributed by atoms with Crippen LogP contribution in [0, 0.1) is 0 Å². The maximum absolute atomic E-state index is 11.9. The summed E-state index contributed by atoms with van der Waals surface area (Å²) in [5.74, 6) is 0. The molecule has 2 aromatic rings. The molecule has 2 aromatic carbocycles. The zero-order valence-electron chi connectivity index (χ0n) is 10.7. The van der Waals surface area contributed by atoms with Crippen LogP contribution in [0.5, 0.6) is 0 Å². The molecular formula is C13H12O6S2. The highest BCUT2D eigenvalue weighted by Crippen LogP contribution is 2.19. The standard InChI is InChI=1S/C13H12O6S2/c14-20(15,16)13-9-5-4-6-11(13)10-19-21(17,18)12-7-2-1-3-8-12/h1-9H,10H2,(H,14,15,16). The Hall–Kier alpha value is -1.74. The Morgan fingerprint density at radius 1 is 0.857 bits per heavy atom. The maximum Gasteiger partial charge on any atom is 0.297 e. The molecule has 0 unspecified atom stereocenters. The Bertz CT molecular complexity index is 826. The molecular weight excluding hydrogens is 316 g/mol. The van der Waals surface area contributed by atoms with E-state index in [9.17, 15) is 16.8 Å². The lowest BCUT2D eigenvalue weighted by molar-refractivity contribution is 0.304. The molecule has 0 spiro atoms. The predicted molar refractivity (Wildman–Crippen MR) is 74.7 cm³/mol. The van der Waals surface area contributed by atoms with Crippen LogP contribution < -0.4 is 0 Å². The normalized spacial score (nSPS) is 12.2. The van der Waals surface area contributed by atoms with Crippen LogP contribution in [0.2, 0.25) is 0 Å². The van der Waals surface area contributed by atoms with Gasteiger partial charge in [0.2, 0.25) is 0 Å². The monoisotopic (exact) mass is 328 g/mol. The van der Waals surface area contributed by atoms with E-state index in [4.69, 9.17) is 8.74 Å². The van der Waals surface area contributed by atoms with Gasteiger partial charge in [0.05, 0.1) is 16.4 Å². The third-order valence-corrected chi connectivity index (χ3v) is 4.88. The minimum Gasteiger partial charge on any atom is -0.282 e. The van der Waals surface area contributed by atoms with Crippen molar-refractivity contribution in [2.24, 2.45) is 0 Å². The van der Waals surface area contributed by atoms with E-state index in [0.29, 0.717) is 0 Å².